The zero-order valence-corrected chi connectivity index (χ0v) is 15.9. The molecule has 2 aromatic rings. The Hall–Kier alpha value is -2.18. The number of benzene rings is 2. The maximum atomic E-state index is 11.8. The van der Waals surface area contributed by atoms with Crippen LogP contribution in [-0.2, 0) is 31.9 Å². The minimum atomic E-state index is -3.54. The molecule has 0 N–H and O–H groups in total. The van der Waals surface area contributed by atoms with Gasteiger partial charge >= 0.3 is 5.97 Å². The summed E-state index contributed by atoms with van der Waals surface area (Å²) in [6.07, 6.45) is 3.06. The van der Waals surface area contributed by atoms with Gasteiger partial charge in [-0.25, -0.2) is 4.79 Å². The largest absolute Gasteiger partial charge is 0.465 e. The number of carbonyl (C=O) groups excluding carboxylic acids is 1. The van der Waals surface area contributed by atoms with E-state index in [9.17, 15) is 13.2 Å². The van der Waals surface area contributed by atoms with Crippen LogP contribution in [0.3, 0.4) is 0 Å². The Balaban J connectivity index is 2.02. The summed E-state index contributed by atoms with van der Waals surface area (Å²) in [7, 11) is -2.18. The van der Waals surface area contributed by atoms with Gasteiger partial charge in [-0.1, -0.05) is 48.5 Å². The fraction of sp³-hybridized carbons (Fsp3) is 0.350. The van der Waals surface area contributed by atoms with Crippen molar-refractivity contribution in [3.63, 3.8) is 0 Å². The molecule has 0 aliphatic carbocycles. The minimum Gasteiger partial charge on any atom is -0.465 e. The SMILES string of the molecule is COC(=O)c1ccccc1CCCC(Cc1ccccc1)OS(C)(=O)=O. The van der Waals surface area contributed by atoms with Crippen molar-refractivity contribution in [2.75, 3.05) is 13.4 Å². The summed E-state index contributed by atoms with van der Waals surface area (Å²) in [4.78, 5) is 11.8. The van der Waals surface area contributed by atoms with Gasteiger partial charge in [-0.05, 0) is 36.5 Å². The fourth-order valence-electron chi connectivity index (χ4n) is 2.88. The van der Waals surface area contributed by atoms with E-state index in [1.807, 2.05) is 42.5 Å². The average molecular weight is 376 g/mol. The molecule has 0 radical (unpaired) electrons. The predicted molar refractivity (Wildman–Crippen MR) is 101 cm³/mol. The molecule has 0 saturated heterocycles. The van der Waals surface area contributed by atoms with Gasteiger partial charge in [-0.2, -0.15) is 8.42 Å². The lowest BCUT2D eigenvalue weighted by atomic mass is 9.98. The van der Waals surface area contributed by atoms with Crippen molar-refractivity contribution in [1.29, 1.82) is 0 Å². The molecule has 1 atom stereocenters. The van der Waals surface area contributed by atoms with E-state index in [0.29, 0.717) is 31.2 Å². The number of hydrogen-bond donors (Lipinski definition) is 0. The highest BCUT2D eigenvalue weighted by Gasteiger charge is 2.17. The van der Waals surface area contributed by atoms with E-state index in [-0.39, 0.29) is 5.97 Å². The number of methoxy groups -OCH3 is 1. The zero-order chi connectivity index (χ0) is 19.0. The summed E-state index contributed by atoms with van der Waals surface area (Å²) >= 11 is 0. The molecule has 2 aromatic carbocycles. The highest BCUT2D eigenvalue weighted by atomic mass is 32.2. The highest BCUT2D eigenvalue weighted by Crippen LogP contribution is 2.18. The molecular formula is C20H24O5S. The standard InChI is InChI=1S/C20H24O5S/c1-24-20(21)19-14-7-6-11-17(19)12-8-13-18(25-26(2,22)23)15-16-9-4-3-5-10-16/h3-7,9-11,14,18H,8,12-13,15H2,1-2H3. The number of aryl methyl sites for hydroxylation is 1. The van der Waals surface area contributed by atoms with E-state index in [0.717, 1.165) is 17.4 Å². The van der Waals surface area contributed by atoms with Crippen LogP contribution >= 0.6 is 0 Å². The molecule has 0 aliphatic rings. The number of rotatable bonds is 9. The summed E-state index contributed by atoms with van der Waals surface area (Å²) in [5.74, 6) is -0.367. The van der Waals surface area contributed by atoms with Gasteiger partial charge in [0.15, 0.2) is 0 Å². The van der Waals surface area contributed by atoms with Gasteiger partial charge in [0.2, 0.25) is 0 Å². The van der Waals surface area contributed by atoms with Gasteiger partial charge in [0.05, 0.1) is 25.0 Å². The first-order chi connectivity index (χ1) is 12.4. The Kier molecular flexibility index (Phi) is 7.36. The second-order valence-electron chi connectivity index (χ2n) is 6.15. The summed E-state index contributed by atoms with van der Waals surface area (Å²) in [6.45, 7) is 0. The van der Waals surface area contributed by atoms with E-state index in [4.69, 9.17) is 8.92 Å². The third kappa shape index (κ3) is 6.61. The lowest BCUT2D eigenvalue weighted by Gasteiger charge is -2.17. The van der Waals surface area contributed by atoms with Crippen molar-refractivity contribution < 1.29 is 22.1 Å². The Bertz CT molecular complexity index is 815. The molecule has 0 spiro atoms. The number of carbonyl (C=O) groups is 1. The van der Waals surface area contributed by atoms with E-state index in [1.165, 1.54) is 7.11 Å². The van der Waals surface area contributed by atoms with Gasteiger partial charge in [0.1, 0.15) is 0 Å². The molecule has 0 aliphatic heterocycles. The normalized spacial score (nSPS) is 12.5. The van der Waals surface area contributed by atoms with Gasteiger partial charge in [0, 0.05) is 6.42 Å². The Morgan fingerprint density at radius 3 is 2.35 bits per heavy atom. The van der Waals surface area contributed by atoms with Crippen LogP contribution in [0.4, 0.5) is 0 Å². The fourth-order valence-corrected chi connectivity index (χ4v) is 3.53. The second-order valence-corrected chi connectivity index (χ2v) is 7.75. The summed E-state index contributed by atoms with van der Waals surface area (Å²) in [6, 6.07) is 16.9. The maximum Gasteiger partial charge on any atom is 0.338 e. The summed E-state index contributed by atoms with van der Waals surface area (Å²) in [5, 5.41) is 0. The molecule has 5 nitrogen and oxygen atoms in total. The number of ether oxygens (including phenoxy) is 1. The smallest absolute Gasteiger partial charge is 0.338 e. The van der Waals surface area contributed by atoms with Crippen molar-refractivity contribution in [3.05, 3.63) is 71.3 Å². The molecule has 6 heteroatoms. The molecule has 0 bridgehead atoms. The van der Waals surface area contributed by atoms with Crippen LogP contribution in [-0.4, -0.2) is 33.9 Å². The molecule has 0 saturated carbocycles. The topological polar surface area (TPSA) is 69.7 Å². The van der Waals surface area contributed by atoms with Crippen molar-refractivity contribution in [1.82, 2.24) is 0 Å². The first kappa shape index (κ1) is 20.1. The molecular weight excluding hydrogens is 352 g/mol. The van der Waals surface area contributed by atoms with Crippen molar-refractivity contribution in [2.24, 2.45) is 0 Å². The Labute approximate surface area is 155 Å². The third-order valence-electron chi connectivity index (χ3n) is 4.01. The molecule has 1 unspecified atom stereocenters. The molecule has 0 heterocycles. The van der Waals surface area contributed by atoms with Crippen molar-refractivity contribution in [2.45, 2.75) is 31.8 Å². The average Bonchev–Trinajstić information content (AvgIpc) is 2.61. The first-order valence-electron chi connectivity index (χ1n) is 8.47. The van der Waals surface area contributed by atoms with Crippen LogP contribution in [0.25, 0.3) is 0 Å². The molecule has 26 heavy (non-hydrogen) atoms. The number of esters is 1. The van der Waals surface area contributed by atoms with Crippen LogP contribution in [0.5, 0.6) is 0 Å². The lowest BCUT2D eigenvalue weighted by Crippen LogP contribution is -2.20. The van der Waals surface area contributed by atoms with E-state index in [1.54, 1.807) is 12.1 Å². The third-order valence-corrected chi connectivity index (χ3v) is 4.63. The van der Waals surface area contributed by atoms with Crippen LogP contribution in [0.2, 0.25) is 0 Å². The lowest BCUT2D eigenvalue weighted by molar-refractivity contribution is 0.0599. The zero-order valence-electron chi connectivity index (χ0n) is 15.1. The van der Waals surface area contributed by atoms with E-state index < -0.39 is 16.2 Å². The van der Waals surface area contributed by atoms with Gasteiger partial charge in [0.25, 0.3) is 10.1 Å². The monoisotopic (exact) mass is 376 g/mol. The summed E-state index contributed by atoms with van der Waals surface area (Å²) < 4.78 is 33.2. The maximum absolute atomic E-state index is 11.8. The first-order valence-corrected chi connectivity index (χ1v) is 10.3. The molecule has 0 fully saturated rings. The van der Waals surface area contributed by atoms with Crippen LogP contribution in [0.15, 0.2) is 54.6 Å². The summed E-state index contributed by atoms with van der Waals surface area (Å²) in [5.41, 5.74) is 2.45. The van der Waals surface area contributed by atoms with Crippen molar-refractivity contribution >= 4 is 16.1 Å². The minimum absolute atomic E-state index is 0.367. The van der Waals surface area contributed by atoms with Crippen LogP contribution < -0.4 is 0 Å². The van der Waals surface area contributed by atoms with Gasteiger partial charge < -0.3 is 4.74 Å². The Morgan fingerprint density at radius 1 is 1.04 bits per heavy atom. The Morgan fingerprint density at radius 2 is 1.69 bits per heavy atom. The van der Waals surface area contributed by atoms with Gasteiger partial charge in [-0.15, -0.1) is 0 Å². The second kappa shape index (κ2) is 9.50. The van der Waals surface area contributed by atoms with Crippen LogP contribution in [0, 0.1) is 0 Å². The number of hydrogen-bond acceptors (Lipinski definition) is 5. The molecule has 0 amide bonds. The van der Waals surface area contributed by atoms with Crippen LogP contribution in [0.1, 0.15) is 34.3 Å². The molecule has 0 aromatic heterocycles. The van der Waals surface area contributed by atoms with E-state index >= 15 is 0 Å². The van der Waals surface area contributed by atoms with Gasteiger partial charge in [-0.3, -0.25) is 4.18 Å². The quantitative estimate of drug-likeness (QED) is 0.496. The molecule has 140 valence electrons. The predicted octanol–water partition coefficient (Wildman–Crippen LogP) is 3.38. The highest BCUT2D eigenvalue weighted by molar-refractivity contribution is 7.86. The van der Waals surface area contributed by atoms with E-state index in [2.05, 4.69) is 0 Å². The van der Waals surface area contributed by atoms with Crippen molar-refractivity contribution in [3.8, 4) is 0 Å². The molecule has 2 rings (SSSR count).